The molecule has 0 amide bonds. The summed E-state index contributed by atoms with van der Waals surface area (Å²) in [6.07, 6.45) is 0.633. The van der Waals surface area contributed by atoms with Crippen molar-refractivity contribution < 1.29 is 13.2 Å². The van der Waals surface area contributed by atoms with E-state index in [1.807, 2.05) is 0 Å². The third-order valence-electron chi connectivity index (χ3n) is 2.78. The van der Waals surface area contributed by atoms with Crippen molar-refractivity contribution in [1.82, 2.24) is 19.6 Å². The second-order valence-corrected chi connectivity index (χ2v) is 4.46. The molecule has 0 spiro atoms. The van der Waals surface area contributed by atoms with Crippen molar-refractivity contribution in [2.24, 2.45) is 12.8 Å². The summed E-state index contributed by atoms with van der Waals surface area (Å²) in [4.78, 5) is 0. The SMILES string of the molecule is CC(N)C(c1cnn(C)c1)n1cc(C(F)(F)F)cn1. The van der Waals surface area contributed by atoms with Crippen LogP contribution in [0.3, 0.4) is 0 Å². The van der Waals surface area contributed by atoms with Crippen LogP contribution >= 0.6 is 0 Å². The molecule has 104 valence electrons. The minimum absolute atomic E-state index is 0.398. The Labute approximate surface area is 107 Å². The number of nitrogens with zero attached hydrogens (tertiary/aromatic N) is 4. The van der Waals surface area contributed by atoms with Crippen molar-refractivity contribution in [2.75, 3.05) is 0 Å². The molecule has 2 atom stereocenters. The van der Waals surface area contributed by atoms with Crippen molar-refractivity contribution in [3.63, 3.8) is 0 Å². The smallest absolute Gasteiger partial charge is 0.326 e. The van der Waals surface area contributed by atoms with Crippen LogP contribution in [0.4, 0.5) is 13.2 Å². The molecule has 0 aliphatic heterocycles. The molecule has 2 rings (SSSR count). The summed E-state index contributed by atoms with van der Waals surface area (Å²) >= 11 is 0. The Morgan fingerprint density at radius 2 is 1.89 bits per heavy atom. The Kier molecular flexibility index (Phi) is 3.36. The number of aromatic nitrogens is 4. The number of rotatable bonds is 3. The number of halogens is 3. The molecule has 2 aromatic rings. The van der Waals surface area contributed by atoms with Gasteiger partial charge in [0.2, 0.25) is 0 Å². The van der Waals surface area contributed by atoms with Crippen LogP contribution in [0.2, 0.25) is 0 Å². The lowest BCUT2D eigenvalue weighted by molar-refractivity contribution is -0.137. The molecule has 2 N–H and O–H groups in total. The van der Waals surface area contributed by atoms with E-state index in [9.17, 15) is 13.2 Å². The van der Waals surface area contributed by atoms with Gasteiger partial charge in [-0.25, -0.2) is 0 Å². The molecule has 0 saturated carbocycles. The van der Waals surface area contributed by atoms with Gasteiger partial charge in [-0.2, -0.15) is 23.4 Å². The first-order chi connectivity index (χ1) is 8.79. The number of hydrogen-bond acceptors (Lipinski definition) is 3. The van der Waals surface area contributed by atoms with Gasteiger partial charge < -0.3 is 5.73 Å². The van der Waals surface area contributed by atoms with Gasteiger partial charge in [-0.05, 0) is 6.92 Å². The van der Waals surface area contributed by atoms with Gasteiger partial charge in [0.1, 0.15) is 0 Å². The van der Waals surface area contributed by atoms with Crippen LogP contribution in [0.1, 0.15) is 24.1 Å². The zero-order valence-electron chi connectivity index (χ0n) is 10.5. The van der Waals surface area contributed by atoms with Gasteiger partial charge in [0, 0.05) is 31.0 Å². The fourth-order valence-electron chi connectivity index (χ4n) is 1.93. The zero-order valence-corrected chi connectivity index (χ0v) is 10.5. The van der Waals surface area contributed by atoms with Gasteiger partial charge in [0.25, 0.3) is 0 Å². The summed E-state index contributed by atoms with van der Waals surface area (Å²) in [7, 11) is 1.73. The average Bonchev–Trinajstić information content (AvgIpc) is 2.87. The van der Waals surface area contributed by atoms with E-state index in [0.717, 1.165) is 12.4 Å². The molecule has 2 heterocycles. The Morgan fingerprint density at radius 3 is 2.32 bits per heavy atom. The van der Waals surface area contributed by atoms with Crippen LogP contribution in [0.5, 0.6) is 0 Å². The summed E-state index contributed by atoms with van der Waals surface area (Å²) in [5.74, 6) is 0. The summed E-state index contributed by atoms with van der Waals surface area (Å²) in [6, 6.07) is -0.880. The molecule has 0 aliphatic carbocycles. The van der Waals surface area contributed by atoms with E-state index < -0.39 is 23.8 Å². The summed E-state index contributed by atoms with van der Waals surface area (Å²) in [5, 5.41) is 7.77. The highest BCUT2D eigenvalue weighted by Crippen LogP contribution is 2.30. The predicted octanol–water partition coefficient (Wildman–Crippen LogP) is 1.57. The van der Waals surface area contributed by atoms with Gasteiger partial charge in [-0.15, -0.1) is 0 Å². The zero-order chi connectivity index (χ0) is 14.2. The van der Waals surface area contributed by atoms with Gasteiger partial charge in [0.15, 0.2) is 0 Å². The molecule has 19 heavy (non-hydrogen) atoms. The van der Waals surface area contributed by atoms with E-state index in [1.54, 1.807) is 31.0 Å². The quantitative estimate of drug-likeness (QED) is 0.923. The molecular formula is C11H14F3N5. The minimum atomic E-state index is -4.41. The highest BCUT2D eigenvalue weighted by atomic mass is 19.4. The van der Waals surface area contributed by atoms with Crippen LogP contribution < -0.4 is 5.73 Å². The molecule has 0 radical (unpaired) electrons. The largest absolute Gasteiger partial charge is 0.419 e. The maximum Gasteiger partial charge on any atom is 0.419 e. The van der Waals surface area contributed by atoms with Crippen molar-refractivity contribution >= 4 is 0 Å². The Balaban J connectivity index is 2.38. The first kappa shape index (κ1) is 13.6. The Bertz CT molecular complexity index is 555. The molecule has 8 heteroatoms. The lowest BCUT2D eigenvalue weighted by atomic mass is 10.1. The van der Waals surface area contributed by atoms with Crippen LogP contribution in [0, 0.1) is 0 Å². The van der Waals surface area contributed by atoms with Gasteiger partial charge >= 0.3 is 6.18 Å². The van der Waals surface area contributed by atoms with E-state index in [2.05, 4.69) is 10.2 Å². The van der Waals surface area contributed by atoms with Crippen LogP contribution in [-0.2, 0) is 13.2 Å². The van der Waals surface area contributed by atoms with Crippen molar-refractivity contribution in [3.05, 3.63) is 35.9 Å². The number of alkyl halides is 3. The van der Waals surface area contributed by atoms with E-state index in [1.165, 1.54) is 4.68 Å². The first-order valence-corrected chi connectivity index (χ1v) is 5.64. The van der Waals surface area contributed by atoms with E-state index >= 15 is 0 Å². The fraction of sp³-hybridized carbons (Fsp3) is 0.455. The molecule has 2 aromatic heterocycles. The average molecular weight is 273 g/mol. The number of aryl methyl sites for hydroxylation is 1. The molecule has 0 bridgehead atoms. The van der Waals surface area contributed by atoms with Gasteiger partial charge in [0.05, 0.1) is 24.0 Å². The number of nitrogens with two attached hydrogens (primary N) is 1. The molecule has 0 aliphatic rings. The lowest BCUT2D eigenvalue weighted by Gasteiger charge is -2.20. The molecule has 5 nitrogen and oxygen atoms in total. The molecule has 0 fully saturated rings. The van der Waals surface area contributed by atoms with Crippen molar-refractivity contribution in [3.8, 4) is 0 Å². The monoisotopic (exact) mass is 273 g/mol. The van der Waals surface area contributed by atoms with Crippen LogP contribution in [-0.4, -0.2) is 25.6 Å². The normalized spacial score (nSPS) is 15.5. The minimum Gasteiger partial charge on any atom is -0.326 e. The topological polar surface area (TPSA) is 61.7 Å². The van der Waals surface area contributed by atoms with E-state index in [0.29, 0.717) is 5.56 Å². The molecule has 2 unspecified atom stereocenters. The van der Waals surface area contributed by atoms with Crippen LogP contribution in [0.15, 0.2) is 24.8 Å². The molecular weight excluding hydrogens is 259 g/mol. The van der Waals surface area contributed by atoms with Gasteiger partial charge in [-0.1, -0.05) is 0 Å². The summed E-state index contributed by atoms with van der Waals surface area (Å²) in [6.45, 7) is 1.71. The first-order valence-electron chi connectivity index (χ1n) is 5.64. The third-order valence-corrected chi connectivity index (χ3v) is 2.78. The van der Waals surface area contributed by atoms with E-state index in [-0.39, 0.29) is 0 Å². The van der Waals surface area contributed by atoms with Gasteiger partial charge in [-0.3, -0.25) is 9.36 Å². The standard InChI is InChI=1S/C11H14F3N5/c1-7(15)10(8-3-16-18(2)5-8)19-6-9(4-17-19)11(12,13)14/h3-7,10H,15H2,1-2H3. The number of hydrogen-bond donors (Lipinski definition) is 1. The Morgan fingerprint density at radius 1 is 1.21 bits per heavy atom. The highest BCUT2D eigenvalue weighted by molar-refractivity contribution is 5.17. The lowest BCUT2D eigenvalue weighted by Crippen LogP contribution is -2.30. The summed E-state index contributed by atoms with van der Waals surface area (Å²) in [5.41, 5.74) is 5.78. The van der Waals surface area contributed by atoms with Crippen LogP contribution in [0.25, 0.3) is 0 Å². The Hall–Kier alpha value is -1.83. The fourth-order valence-corrected chi connectivity index (χ4v) is 1.93. The highest BCUT2D eigenvalue weighted by Gasteiger charge is 2.33. The summed E-state index contributed by atoms with van der Waals surface area (Å²) < 4.78 is 40.5. The van der Waals surface area contributed by atoms with E-state index in [4.69, 9.17) is 5.73 Å². The maximum atomic E-state index is 12.6. The molecule has 0 saturated heterocycles. The van der Waals surface area contributed by atoms with Crippen molar-refractivity contribution in [1.29, 1.82) is 0 Å². The second-order valence-electron chi connectivity index (χ2n) is 4.46. The maximum absolute atomic E-state index is 12.6. The second kappa shape index (κ2) is 4.69. The van der Waals surface area contributed by atoms with Crippen molar-refractivity contribution in [2.45, 2.75) is 25.2 Å². The predicted molar refractivity (Wildman–Crippen MR) is 62.2 cm³/mol. The third kappa shape index (κ3) is 2.78. The molecule has 0 aromatic carbocycles.